The summed E-state index contributed by atoms with van der Waals surface area (Å²) in [5.41, 5.74) is -0.0313. The molecule has 1 heterocycles. The van der Waals surface area contributed by atoms with Crippen molar-refractivity contribution in [2.24, 2.45) is 0 Å². The van der Waals surface area contributed by atoms with Crippen molar-refractivity contribution in [1.82, 2.24) is 10.3 Å². The molecule has 1 N–H and O–H groups in total. The summed E-state index contributed by atoms with van der Waals surface area (Å²) in [6.07, 6.45) is -3.01. The molecule has 0 amide bonds. The average Bonchev–Trinajstić information content (AvgIpc) is 2.24. The van der Waals surface area contributed by atoms with E-state index in [0.29, 0.717) is 4.47 Å². The zero-order chi connectivity index (χ0) is 13.1. The minimum Gasteiger partial charge on any atom is -0.481 e. The molecule has 96 valence electrons. The Kier molecular flexibility index (Phi) is 4.76. The predicted octanol–water partition coefficient (Wildman–Crippen LogP) is 3.07. The molecule has 7 heteroatoms. The molecule has 0 saturated carbocycles. The Hall–Kier alpha value is -0.820. The first-order valence-corrected chi connectivity index (χ1v) is 5.69. The number of ether oxygens (including phenoxy) is 1. The SMILES string of the molecule is CCNC(c1cc(Br)cnc1OC)C(F)(F)F. The van der Waals surface area contributed by atoms with Crippen molar-refractivity contribution in [3.63, 3.8) is 0 Å². The third-order valence-corrected chi connectivity index (χ3v) is 2.52. The average molecular weight is 313 g/mol. The maximum Gasteiger partial charge on any atom is 0.408 e. The van der Waals surface area contributed by atoms with E-state index >= 15 is 0 Å². The van der Waals surface area contributed by atoms with Gasteiger partial charge in [-0.05, 0) is 28.5 Å². The number of rotatable bonds is 4. The van der Waals surface area contributed by atoms with Crippen LogP contribution in [-0.4, -0.2) is 24.8 Å². The molecule has 1 unspecified atom stereocenters. The fourth-order valence-corrected chi connectivity index (χ4v) is 1.77. The van der Waals surface area contributed by atoms with Gasteiger partial charge in [0.2, 0.25) is 5.88 Å². The van der Waals surface area contributed by atoms with E-state index < -0.39 is 12.2 Å². The zero-order valence-electron chi connectivity index (χ0n) is 9.31. The molecule has 0 saturated heterocycles. The summed E-state index contributed by atoms with van der Waals surface area (Å²) in [7, 11) is 1.29. The standard InChI is InChI=1S/C10H12BrF3N2O/c1-3-15-8(10(12,13)14)7-4-6(11)5-16-9(7)17-2/h4-5,8,15H,3H2,1-2H3. The minimum atomic E-state index is -4.40. The highest BCUT2D eigenvalue weighted by Gasteiger charge is 2.42. The number of halogens is 4. The summed E-state index contributed by atoms with van der Waals surface area (Å²) in [6, 6.07) is -0.431. The second kappa shape index (κ2) is 5.68. The second-order valence-electron chi connectivity index (χ2n) is 3.28. The van der Waals surface area contributed by atoms with Crippen LogP contribution >= 0.6 is 15.9 Å². The van der Waals surface area contributed by atoms with E-state index in [9.17, 15) is 13.2 Å². The molecule has 0 aromatic carbocycles. The lowest BCUT2D eigenvalue weighted by Gasteiger charge is -2.22. The summed E-state index contributed by atoms with van der Waals surface area (Å²) in [6.45, 7) is 1.80. The van der Waals surface area contributed by atoms with Crippen LogP contribution in [0.1, 0.15) is 18.5 Å². The number of nitrogens with one attached hydrogen (secondary N) is 1. The first-order valence-electron chi connectivity index (χ1n) is 4.89. The van der Waals surface area contributed by atoms with E-state index in [1.54, 1.807) is 6.92 Å². The van der Waals surface area contributed by atoms with Crippen molar-refractivity contribution in [1.29, 1.82) is 0 Å². The fraction of sp³-hybridized carbons (Fsp3) is 0.500. The Balaban J connectivity index is 3.21. The third-order valence-electron chi connectivity index (χ3n) is 2.09. The van der Waals surface area contributed by atoms with Crippen molar-refractivity contribution < 1.29 is 17.9 Å². The van der Waals surface area contributed by atoms with Crippen LogP contribution in [0.15, 0.2) is 16.7 Å². The molecule has 0 bridgehead atoms. The lowest BCUT2D eigenvalue weighted by atomic mass is 10.1. The number of alkyl halides is 3. The lowest BCUT2D eigenvalue weighted by molar-refractivity contribution is -0.157. The van der Waals surface area contributed by atoms with Gasteiger partial charge in [0.25, 0.3) is 0 Å². The van der Waals surface area contributed by atoms with Crippen LogP contribution in [0.25, 0.3) is 0 Å². The fourth-order valence-electron chi connectivity index (χ4n) is 1.43. The van der Waals surface area contributed by atoms with Crippen LogP contribution in [0.3, 0.4) is 0 Å². The van der Waals surface area contributed by atoms with Crippen molar-refractivity contribution in [2.75, 3.05) is 13.7 Å². The van der Waals surface area contributed by atoms with E-state index in [4.69, 9.17) is 4.74 Å². The van der Waals surface area contributed by atoms with Crippen molar-refractivity contribution in [3.8, 4) is 5.88 Å². The van der Waals surface area contributed by atoms with Crippen molar-refractivity contribution >= 4 is 15.9 Å². The number of methoxy groups -OCH3 is 1. The van der Waals surface area contributed by atoms with E-state index in [2.05, 4.69) is 26.2 Å². The maximum absolute atomic E-state index is 12.9. The van der Waals surface area contributed by atoms with Gasteiger partial charge >= 0.3 is 6.18 Å². The van der Waals surface area contributed by atoms with E-state index in [1.165, 1.54) is 19.4 Å². The molecule has 0 radical (unpaired) electrons. The number of aromatic nitrogens is 1. The van der Waals surface area contributed by atoms with Gasteiger partial charge in [0.1, 0.15) is 6.04 Å². The highest BCUT2D eigenvalue weighted by molar-refractivity contribution is 9.10. The molecule has 1 rings (SSSR count). The summed E-state index contributed by atoms with van der Waals surface area (Å²) in [5.74, 6) is -0.0310. The molecule has 0 aliphatic rings. The topological polar surface area (TPSA) is 34.2 Å². The number of hydrogen-bond donors (Lipinski definition) is 1. The lowest BCUT2D eigenvalue weighted by Crippen LogP contribution is -2.34. The Bertz CT molecular complexity index is 384. The largest absolute Gasteiger partial charge is 0.481 e. The molecule has 1 atom stereocenters. The van der Waals surface area contributed by atoms with E-state index in [0.717, 1.165) is 0 Å². The maximum atomic E-state index is 12.9. The van der Waals surface area contributed by atoms with E-state index in [1.807, 2.05) is 0 Å². The highest BCUT2D eigenvalue weighted by atomic mass is 79.9. The zero-order valence-corrected chi connectivity index (χ0v) is 10.9. The van der Waals surface area contributed by atoms with Crippen LogP contribution in [-0.2, 0) is 0 Å². The van der Waals surface area contributed by atoms with Gasteiger partial charge in [0.15, 0.2) is 0 Å². The normalized spacial score (nSPS) is 13.5. The molecular formula is C10H12BrF3N2O. The first kappa shape index (κ1) is 14.2. The molecule has 3 nitrogen and oxygen atoms in total. The summed E-state index contributed by atoms with van der Waals surface area (Å²) >= 11 is 3.10. The molecule has 1 aromatic rings. The predicted molar refractivity (Wildman–Crippen MR) is 61.0 cm³/mol. The Morgan fingerprint density at radius 2 is 2.18 bits per heavy atom. The summed E-state index contributed by atoms with van der Waals surface area (Å²) < 4.78 is 44.0. The molecule has 0 aliphatic heterocycles. The third kappa shape index (κ3) is 3.57. The van der Waals surface area contributed by atoms with Gasteiger partial charge in [-0.1, -0.05) is 6.92 Å². The number of nitrogens with zero attached hydrogens (tertiary/aromatic N) is 1. The monoisotopic (exact) mass is 312 g/mol. The molecule has 1 aromatic heterocycles. The van der Waals surface area contributed by atoms with Gasteiger partial charge in [-0.15, -0.1) is 0 Å². The van der Waals surface area contributed by atoms with Gasteiger partial charge in [-0.3, -0.25) is 0 Å². The smallest absolute Gasteiger partial charge is 0.408 e. The van der Waals surface area contributed by atoms with Crippen molar-refractivity contribution in [3.05, 3.63) is 22.3 Å². The van der Waals surface area contributed by atoms with Crippen molar-refractivity contribution in [2.45, 2.75) is 19.1 Å². The van der Waals surface area contributed by atoms with Gasteiger partial charge in [0, 0.05) is 16.2 Å². The Morgan fingerprint density at radius 1 is 1.53 bits per heavy atom. The molecular weight excluding hydrogens is 301 g/mol. The summed E-state index contributed by atoms with van der Waals surface area (Å²) in [4.78, 5) is 3.80. The van der Waals surface area contributed by atoms with Gasteiger partial charge in [0.05, 0.1) is 7.11 Å². The van der Waals surface area contributed by atoms with Crippen LogP contribution < -0.4 is 10.1 Å². The van der Waals surface area contributed by atoms with Crippen LogP contribution in [0, 0.1) is 0 Å². The Labute approximate surface area is 106 Å². The van der Waals surface area contributed by atoms with Gasteiger partial charge < -0.3 is 10.1 Å². The number of hydrogen-bond acceptors (Lipinski definition) is 3. The van der Waals surface area contributed by atoms with Crippen LogP contribution in [0.5, 0.6) is 5.88 Å². The number of pyridine rings is 1. The Morgan fingerprint density at radius 3 is 2.65 bits per heavy atom. The van der Waals surface area contributed by atoms with Gasteiger partial charge in [-0.2, -0.15) is 13.2 Å². The molecule has 17 heavy (non-hydrogen) atoms. The molecule has 0 aliphatic carbocycles. The molecule has 0 spiro atoms. The highest BCUT2D eigenvalue weighted by Crippen LogP contribution is 2.37. The molecule has 0 fully saturated rings. The van der Waals surface area contributed by atoms with Crippen LogP contribution in [0.2, 0.25) is 0 Å². The van der Waals surface area contributed by atoms with Gasteiger partial charge in [-0.25, -0.2) is 4.98 Å². The quantitative estimate of drug-likeness (QED) is 0.928. The minimum absolute atomic E-state index is 0.0310. The summed E-state index contributed by atoms with van der Waals surface area (Å²) in [5, 5.41) is 2.37. The first-order chi connectivity index (χ1) is 7.90. The van der Waals surface area contributed by atoms with E-state index in [-0.39, 0.29) is 18.0 Å². The second-order valence-corrected chi connectivity index (χ2v) is 4.20. The van der Waals surface area contributed by atoms with Crippen LogP contribution in [0.4, 0.5) is 13.2 Å².